The average molecular weight is 370 g/mol. The molecule has 5 rings (SSSR count). The first kappa shape index (κ1) is 16.9. The molecule has 2 aromatic heterocycles. The second-order valence-electron chi connectivity index (χ2n) is 8.51. The summed E-state index contributed by atoms with van der Waals surface area (Å²) in [6, 6.07) is 0. The molecule has 1 atom stereocenters. The van der Waals surface area contributed by atoms with Crippen molar-refractivity contribution in [3.8, 4) is 0 Å². The number of carbonyl (C=O) groups excluding carboxylic acids is 1. The molecule has 1 aliphatic carbocycles. The second-order valence-corrected chi connectivity index (χ2v) is 8.51. The molecule has 8 heteroatoms. The van der Waals surface area contributed by atoms with Gasteiger partial charge in [-0.1, -0.05) is 0 Å². The summed E-state index contributed by atoms with van der Waals surface area (Å²) in [6.45, 7) is 2.78. The zero-order valence-electron chi connectivity index (χ0n) is 15.7. The van der Waals surface area contributed by atoms with Crippen molar-refractivity contribution in [2.75, 3.05) is 31.1 Å². The molecular formula is C19H26N6O2. The number of aliphatic hydroxyl groups is 1. The molecular weight excluding hydrogens is 344 g/mol. The van der Waals surface area contributed by atoms with Crippen molar-refractivity contribution >= 4 is 23.0 Å². The van der Waals surface area contributed by atoms with Gasteiger partial charge in [-0.05, 0) is 38.0 Å². The lowest BCUT2D eigenvalue weighted by Crippen LogP contribution is -2.58. The van der Waals surface area contributed by atoms with Gasteiger partial charge in [0.05, 0.1) is 24.0 Å². The molecule has 2 aliphatic heterocycles. The van der Waals surface area contributed by atoms with Crippen molar-refractivity contribution in [2.45, 2.75) is 38.2 Å². The van der Waals surface area contributed by atoms with Gasteiger partial charge in [0, 0.05) is 33.2 Å². The van der Waals surface area contributed by atoms with Crippen LogP contribution in [0.3, 0.4) is 0 Å². The molecule has 8 nitrogen and oxygen atoms in total. The number of carbonyl (C=O) groups is 1. The van der Waals surface area contributed by atoms with Crippen LogP contribution >= 0.6 is 0 Å². The van der Waals surface area contributed by atoms with Crippen LogP contribution in [0.4, 0.5) is 5.95 Å². The Morgan fingerprint density at radius 2 is 2.04 bits per heavy atom. The molecule has 1 amide bonds. The molecule has 0 aromatic carbocycles. The molecule has 1 saturated carbocycles. The number of aryl methyl sites for hydroxylation is 1. The molecule has 2 aromatic rings. The van der Waals surface area contributed by atoms with E-state index in [0.717, 1.165) is 38.0 Å². The molecule has 1 unspecified atom stereocenters. The van der Waals surface area contributed by atoms with Gasteiger partial charge in [0.15, 0.2) is 5.65 Å². The van der Waals surface area contributed by atoms with Crippen LogP contribution in [0.2, 0.25) is 0 Å². The number of fused-ring (bicyclic) bond motifs is 1. The third-order valence-electron chi connectivity index (χ3n) is 6.45. The smallest absolute Gasteiger partial charge is 0.229 e. The second kappa shape index (κ2) is 6.15. The molecule has 1 N–H and O–H groups in total. The van der Waals surface area contributed by atoms with Crippen molar-refractivity contribution in [3.63, 3.8) is 0 Å². The van der Waals surface area contributed by atoms with E-state index in [2.05, 4.69) is 19.9 Å². The number of aliphatic hydroxyl groups excluding tert-OH is 1. The minimum atomic E-state index is -0.418. The number of imidazole rings is 1. The van der Waals surface area contributed by atoms with E-state index in [9.17, 15) is 9.90 Å². The first-order valence-corrected chi connectivity index (χ1v) is 9.90. The zero-order chi connectivity index (χ0) is 18.6. The van der Waals surface area contributed by atoms with E-state index in [1.54, 1.807) is 6.33 Å². The number of piperidine rings is 2. The Hall–Kier alpha value is -2.22. The summed E-state index contributed by atoms with van der Waals surface area (Å²) in [7, 11) is 1.93. The van der Waals surface area contributed by atoms with E-state index in [0.29, 0.717) is 30.5 Å². The van der Waals surface area contributed by atoms with Gasteiger partial charge in [-0.25, -0.2) is 9.97 Å². The Kier molecular flexibility index (Phi) is 3.86. The summed E-state index contributed by atoms with van der Waals surface area (Å²) in [5.74, 6) is 1.57. The van der Waals surface area contributed by atoms with E-state index in [1.165, 1.54) is 12.8 Å². The van der Waals surface area contributed by atoms with Gasteiger partial charge in [-0.3, -0.25) is 4.79 Å². The van der Waals surface area contributed by atoms with E-state index in [1.807, 2.05) is 22.7 Å². The van der Waals surface area contributed by atoms with Crippen molar-refractivity contribution in [1.82, 2.24) is 24.4 Å². The zero-order valence-corrected chi connectivity index (χ0v) is 15.7. The van der Waals surface area contributed by atoms with E-state index in [4.69, 9.17) is 0 Å². The van der Waals surface area contributed by atoms with Crippen LogP contribution in [0.5, 0.6) is 0 Å². The predicted molar refractivity (Wildman–Crippen MR) is 100 cm³/mol. The summed E-state index contributed by atoms with van der Waals surface area (Å²) in [5.41, 5.74) is 1.19. The van der Waals surface area contributed by atoms with Crippen LogP contribution in [0, 0.1) is 11.3 Å². The Labute approximate surface area is 158 Å². The molecule has 27 heavy (non-hydrogen) atoms. The maximum Gasteiger partial charge on any atom is 0.229 e. The molecule has 0 bridgehead atoms. The van der Waals surface area contributed by atoms with Crippen molar-refractivity contribution in [2.24, 2.45) is 18.4 Å². The molecule has 0 radical (unpaired) electrons. The lowest BCUT2D eigenvalue weighted by Gasteiger charge is -2.48. The third kappa shape index (κ3) is 2.96. The van der Waals surface area contributed by atoms with Gasteiger partial charge in [-0.2, -0.15) is 4.98 Å². The maximum atomic E-state index is 13.2. The summed E-state index contributed by atoms with van der Waals surface area (Å²) >= 11 is 0. The number of β-amino-alcohol motifs (C(OH)–C–C–N with tert-alkyl or cyclic N) is 1. The highest BCUT2D eigenvalue weighted by Crippen LogP contribution is 2.43. The van der Waals surface area contributed by atoms with Gasteiger partial charge in [0.2, 0.25) is 11.9 Å². The first-order chi connectivity index (χ1) is 13.0. The Morgan fingerprint density at radius 1 is 1.26 bits per heavy atom. The lowest BCUT2D eigenvalue weighted by atomic mass is 9.71. The number of amides is 1. The highest BCUT2D eigenvalue weighted by atomic mass is 16.3. The molecule has 3 fully saturated rings. The number of aromatic nitrogens is 4. The Balaban J connectivity index is 1.32. The third-order valence-corrected chi connectivity index (χ3v) is 6.45. The minimum Gasteiger partial charge on any atom is -0.391 e. The molecule has 144 valence electrons. The number of rotatable bonds is 3. The fourth-order valence-electron chi connectivity index (χ4n) is 4.66. The van der Waals surface area contributed by atoms with Gasteiger partial charge in [0.25, 0.3) is 0 Å². The molecule has 4 heterocycles. The first-order valence-electron chi connectivity index (χ1n) is 9.90. The minimum absolute atomic E-state index is 0.250. The van der Waals surface area contributed by atoms with Crippen LogP contribution in [0.15, 0.2) is 12.5 Å². The summed E-state index contributed by atoms with van der Waals surface area (Å²) in [5, 5.41) is 10.4. The number of nitrogens with zero attached hydrogens (tertiary/aromatic N) is 6. The maximum absolute atomic E-state index is 13.2. The SMILES string of the molecule is Cn1cnc2nc(N3CCC4(CC3)CC(O)CN(CC3CC3)C4=O)ncc21. The number of hydrogen-bond donors (Lipinski definition) is 1. The Morgan fingerprint density at radius 3 is 2.78 bits per heavy atom. The number of likely N-dealkylation sites (tertiary alicyclic amines) is 1. The largest absolute Gasteiger partial charge is 0.391 e. The molecule has 3 aliphatic rings. The highest BCUT2D eigenvalue weighted by Gasteiger charge is 2.49. The topological polar surface area (TPSA) is 87.4 Å². The average Bonchev–Trinajstić information content (AvgIpc) is 3.41. The summed E-state index contributed by atoms with van der Waals surface area (Å²) in [6.07, 6.45) is 7.64. The fraction of sp³-hybridized carbons (Fsp3) is 0.684. The van der Waals surface area contributed by atoms with Crippen molar-refractivity contribution in [1.29, 1.82) is 0 Å². The predicted octanol–water partition coefficient (Wildman–Crippen LogP) is 0.953. The van der Waals surface area contributed by atoms with Gasteiger partial charge >= 0.3 is 0 Å². The van der Waals surface area contributed by atoms with E-state index in [-0.39, 0.29) is 5.91 Å². The van der Waals surface area contributed by atoms with Gasteiger partial charge < -0.3 is 19.5 Å². The van der Waals surface area contributed by atoms with E-state index >= 15 is 0 Å². The summed E-state index contributed by atoms with van der Waals surface area (Å²) in [4.78, 5) is 30.7. The van der Waals surface area contributed by atoms with Gasteiger partial charge in [-0.15, -0.1) is 0 Å². The number of anilines is 1. The lowest BCUT2D eigenvalue weighted by molar-refractivity contribution is -0.154. The fourth-order valence-corrected chi connectivity index (χ4v) is 4.66. The van der Waals surface area contributed by atoms with Crippen molar-refractivity contribution in [3.05, 3.63) is 12.5 Å². The monoisotopic (exact) mass is 370 g/mol. The normalized spacial score (nSPS) is 25.6. The Bertz CT molecular complexity index is 866. The van der Waals surface area contributed by atoms with Crippen LogP contribution in [0.25, 0.3) is 11.2 Å². The standard InChI is InChI=1S/C19H26N6O2/c1-23-12-21-16-15(23)9-20-18(22-16)24-6-4-19(5-7-24)8-14(26)11-25(17(19)27)10-13-2-3-13/h9,12-14,26H,2-8,10-11H2,1H3. The van der Waals surface area contributed by atoms with Crippen LogP contribution in [0.1, 0.15) is 32.1 Å². The van der Waals surface area contributed by atoms with Crippen LogP contribution in [-0.4, -0.2) is 67.7 Å². The molecule has 1 spiro atoms. The highest BCUT2D eigenvalue weighted by molar-refractivity contribution is 5.84. The summed E-state index contributed by atoms with van der Waals surface area (Å²) < 4.78 is 1.90. The van der Waals surface area contributed by atoms with Crippen LogP contribution in [-0.2, 0) is 11.8 Å². The molecule has 2 saturated heterocycles. The quantitative estimate of drug-likeness (QED) is 0.866. The van der Waals surface area contributed by atoms with Crippen molar-refractivity contribution < 1.29 is 9.90 Å². The van der Waals surface area contributed by atoms with Gasteiger partial charge in [0.1, 0.15) is 5.52 Å². The van der Waals surface area contributed by atoms with E-state index < -0.39 is 11.5 Å². The van der Waals surface area contributed by atoms with Crippen LogP contribution < -0.4 is 4.90 Å². The number of hydrogen-bond acceptors (Lipinski definition) is 6.